The zero-order valence-corrected chi connectivity index (χ0v) is 21.1. The van der Waals surface area contributed by atoms with Crippen LogP contribution in [0.3, 0.4) is 0 Å². The summed E-state index contributed by atoms with van der Waals surface area (Å²) < 4.78 is 0. The molecule has 0 aliphatic carbocycles. The van der Waals surface area contributed by atoms with Gasteiger partial charge in [-0.2, -0.15) is 5.26 Å². The van der Waals surface area contributed by atoms with Crippen molar-refractivity contribution in [1.29, 1.82) is 5.26 Å². The summed E-state index contributed by atoms with van der Waals surface area (Å²) in [5, 5.41) is 10.6. The van der Waals surface area contributed by atoms with Gasteiger partial charge in [0, 0.05) is 98.7 Å². The summed E-state index contributed by atoms with van der Waals surface area (Å²) in [7, 11) is 0. The number of nitriles is 1. The van der Waals surface area contributed by atoms with Gasteiger partial charge >= 0.3 is 0 Å². The summed E-state index contributed by atoms with van der Waals surface area (Å²) >= 11 is 0. The third-order valence-electron chi connectivity index (χ3n) is 8.14. The molecule has 36 heavy (non-hydrogen) atoms. The van der Waals surface area contributed by atoms with Crippen molar-refractivity contribution >= 4 is 28.1 Å². The molecule has 3 aliphatic heterocycles. The zero-order valence-electron chi connectivity index (χ0n) is 21.1. The van der Waals surface area contributed by atoms with E-state index >= 15 is 0 Å². The first-order chi connectivity index (χ1) is 17.4. The lowest BCUT2D eigenvalue weighted by molar-refractivity contribution is 0.108. The second-order valence-corrected chi connectivity index (χ2v) is 10.9. The van der Waals surface area contributed by atoms with E-state index in [1.54, 1.807) is 6.20 Å². The lowest BCUT2D eigenvalue weighted by Crippen LogP contribution is -2.65. The predicted octanol–water partition coefficient (Wildman–Crippen LogP) is 2.83. The van der Waals surface area contributed by atoms with Gasteiger partial charge in [0.15, 0.2) is 0 Å². The summed E-state index contributed by atoms with van der Waals surface area (Å²) in [6.45, 7) is 11.2. The summed E-state index contributed by atoms with van der Waals surface area (Å²) in [5.41, 5.74) is 10.1. The van der Waals surface area contributed by atoms with Gasteiger partial charge in [-0.3, -0.25) is 9.88 Å². The van der Waals surface area contributed by atoms with Gasteiger partial charge in [-0.1, -0.05) is 0 Å². The standard InChI is InChI=1S/C28H34N8/c1-20-16-35(25-6-5-21(15-29)27-24(25)4-3-9-32-27)18-23-17-33(12-13-36(20)23)22-7-10-31-26(14-22)34-11-8-28(2,30)19-34/h3-7,9-10,14,20,23H,8,11-13,16-19,30H2,1-2H3/t20-,23+,28-/m1/s1. The molecule has 0 saturated carbocycles. The highest BCUT2D eigenvalue weighted by Gasteiger charge is 2.37. The molecule has 3 saturated heterocycles. The second-order valence-electron chi connectivity index (χ2n) is 10.9. The van der Waals surface area contributed by atoms with E-state index in [4.69, 9.17) is 5.73 Å². The van der Waals surface area contributed by atoms with E-state index in [-0.39, 0.29) is 5.54 Å². The molecule has 0 bridgehead atoms. The summed E-state index contributed by atoms with van der Waals surface area (Å²) in [5.74, 6) is 1.03. The number of hydrogen-bond donors (Lipinski definition) is 1. The van der Waals surface area contributed by atoms with Gasteiger partial charge in [0.1, 0.15) is 11.9 Å². The van der Waals surface area contributed by atoms with Crippen molar-refractivity contribution in [3.8, 4) is 6.07 Å². The fourth-order valence-corrected chi connectivity index (χ4v) is 6.28. The molecule has 0 unspecified atom stereocenters. The highest BCUT2D eigenvalue weighted by atomic mass is 15.4. The molecule has 1 aromatic carbocycles. The molecule has 3 fully saturated rings. The maximum absolute atomic E-state index is 9.56. The first-order valence-electron chi connectivity index (χ1n) is 13.0. The van der Waals surface area contributed by atoms with E-state index in [9.17, 15) is 5.26 Å². The van der Waals surface area contributed by atoms with Gasteiger partial charge in [-0.25, -0.2) is 4.98 Å². The predicted molar refractivity (Wildman–Crippen MR) is 144 cm³/mol. The van der Waals surface area contributed by atoms with E-state index in [1.807, 2.05) is 18.3 Å². The minimum absolute atomic E-state index is 0.143. The Kier molecular flexibility index (Phi) is 5.70. The summed E-state index contributed by atoms with van der Waals surface area (Å²) in [4.78, 5) is 19.2. The average molecular weight is 483 g/mol. The van der Waals surface area contributed by atoms with Crippen LogP contribution in [0.15, 0.2) is 48.8 Å². The molecule has 5 heterocycles. The number of pyridine rings is 2. The molecule has 0 spiro atoms. The fraction of sp³-hybridized carbons (Fsp3) is 0.464. The van der Waals surface area contributed by atoms with Crippen LogP contribution in [0.4, 0.5) is 17.2 Å². The molecule has 0 amide bonds. The van der Waals surface area contributed by atoms with Crippen LogP contribution in [0, 0.1) is 11.3 Å². The molecule has 3 aliphatic rings. The second kappa shape index (κ2) is 8.91. The molecule has 2 N–H and O–H groups in total. The van der Waals surface area contributed by atoms with Crippen LogP contribution in [-0.2, 0) is 0 Å². The van der Waals surface area contributed by atoms with Gasteiger partial charge in [0.2, 0.25) is 0 Å². The number of anilines is 3. The molecule has 186 valence electrons. The van der Waals surface area contributed by atoms with Crippen molar-refractivity contribution in [3.05, 3.63) is 54.4 Å². The number of hydrogen-bond acceptors (Lipinski definition) is 8. The maximum Gasteiger partial charge on any atom is 0.130 e. The summed E-state index contributed by atoms with van der Waals surface area (Å²) in [6.07, 6.45) is 4.70. The number of aromatic nitrogens is 2. The van der Waals surface area contributed by atoms with Crippen molar-refractivity contribution in [1.82, 2.24) is 14.9 Å². The Balaban J connectivity index is 1.24. The molecule has 3 aromatic rings. The molecule has 6 rings (SSSR count). The van der Waals surface area contributed by atoms with Crippen LogP contribution in [0.5, 0.6) is 0 Å². The van der Waals surface area contributed by atoms with Crippen LogP contribution >= 0.6 is 0 Å². The molecular weight excluding hydrogens is 448 g/mol. The highest BCUT2D eigenvalue weighted by Crippen LogP contribution is 2.33. The van der Waals surface area contributed by atoms with Gasteiger partial charge in [-0.15, -0.1) is 0 Å². The first kappa shape index (κ1) is 23.0. The van der Waals surface area contributed by atoms with Crippen LogP contribution in [-0.4, -0.2) is 78.3 Å². The number of rotatable bonds is 3. The Morgan fingerprint density at radius 3 is 2.67 bits per heavy atom. The minimum Gasteiger partial charge on any atom is -0.368 e. The Morgan fingerprint density at radius 2 is 1.86 bits per heavy atom. The number of benzene rings is 1. The van der Waals surface area contributed by atoms with E-state index in [1.165, 1.54) is 11.4 Å². The average Bonchev–Trinajstić information content (AvgIpc) is 3.27. The Bertz CT molecular complexity index is 1310. The number of piperazine rings is 2. The monoisotopic (exact) mass is 482 g/mol. The van der Waals surface area contributed by atoms with Crippen molar-refractivity contribution in [2.75, 3.05) is 60.5 Å². The van der Waals surface area contributed by atoms with E-state index in [2.05, 4.69) is 73.7 Å². The highest BCUT2D eigenvalue weighted by molar-refractivity contribution is 5.95. The quantitative estimate of drug-likeness (QED) is 0.610. The lowest BCUT2D eigenvalue weighted by atomic mass is 10.0. The van der Waals surface area contributed by atoms with Crippen molar-refractivity contribution in [2.24, 2.45) is 5.73 Å². The molecule has 3 atom stereocenters. The van der Waals surface area contributed by atoms with Gasteiger partial charge in [-0.05, 0) is 50.6 Å². The summed E-state index contributed by atoms with van der Waals surface area (Å²) in [6, 6.07) is 15.6. The van der Waals surface area contributed by atoms with Gasteiger partial charge in [0.25, 0.3) is 0 Å². The maximum atomic E-state index is 9.56. The molecule has 0 radical (unpaired) electrons. The Hall–Kier alpha value is -3.41. The van der Waals surface area contributed by atoms with Crippen molar-refractivity contribution in [2.45, 2.75) is 37.9 Å². The van der Waals surface area contributed by atoms with E-state index < -0.39 is 0 Å². The van der Waals surface area contributed by atoms with Crippen LogP contribution < -0.4 is 20.4 Å². The number of fused-ring (bicyclic) bond motifs is 2. The SMILES string of the molecule is C[C@@H]1CN(c2ccc(C#N)c3ncccc23)C[C@@H]2CN(c3ccnc(N4CC[C@@](C)(N)C4)c3)CCN21. The van der Waals surface area contributed by atoms with E-state index in [0.717, 1.165) is 69.0 Å². The fourth-order valence-electron chi connectivity index (χ4n) is 6.28. The smallest absolute Gasteiger partial charge is 0.130 e. The normalized spacial score (nSPS) is 26.8. The van der Waals surface area contributed by atoms with Crippen LogP contribution in [0.25, 0.3) is 10.9 Å². The third-order valence-corrected chi connectivity index (χ3v) is 8.14. The van der Waals surface area contributed by atoms with Gasteiger partial charge < -0.3 is 20.4 Å². The molecule has 8 heteroatoms. The Morgan fingerprint density at radius 1 is 1.00 bits per heavy atom. The van der Waals surface area contributed by atoms with Gasteiger partial charge in [0.05, 0.1) is 11.1 Å². The zero-order chi connectivity index (χ0) is 24.9. The molecular formula is C28H34N8. The number of nitrogens with zero attached hydrogens (tertiary/aromatic N) is 7. The molecule has 8 nitrogen and oxygen atoms in total. The van der Waals surface area contributed by atoms with E-state index in [0.29, 0.717) is 17.6 Å². The van der Waals surface area contributed by atoms with Crippen molar-refractivity contribution in [3.63, 3.8) is 0 Å². The lowest BCUT2D eigenvalue weighted by Gasteiger charge is -2.51. The Labute approximate surface area is 212 Å². The topological polar surface area (TPSA) is 88.5 Å². The first-order valence-corrected chi connectivity index (χ1v) is 13.0. The third kappa shape index (κ3) is 4.12. The molecule has 2 aromatic heterocycles. The number of nitrogens with two attached hydrogens (primary N) is 1. The largest absolute Gasteiger partial charge is 0.368 e. The van der Waals surface area contributed by atoms with Crippen LogP contribution in [0.1, 0.15) is 25.8 Å². The van der Waals surface area contributed by atoms with Crippen LogP contribution in [0.2, 0.25) is 0 Å². The van der Waals surface area contributed by atoms with Crippen molar-refractivity contribution < 1.29 is 0 Å². The minimum atomic E-state index is -0.143.